The molecule has 1 N–H and O–H groups in total. The van der Waals surface area contributed by atoms with Gasteiger partial charge < -0.3 is 5.32 Å². The van der Waals surface area contributed by atoms with Gasteiger partial charge in [0.1, 0.15) is 5.54 Å². The van der Waals surface area contributed by atoms with E-state index in [-0.39, 0.29) is 30.0 Å². The van der Waals surface area contributed by atoms with Gasteiger partial charge in [0.2, 0.25) is 0 Å². The first-order valence-electron chi connectivity index (χ1n) is 8.66. The zero-order valence-electron chi connectivity index (χ0n) is 14.7. The average molecular weight is 345 g/mol. The smallest absolute Gasteiger partial charge is 0.323 e. The van der Waals surface area contributed by atoms with Gasteiger partial charge >= 0.3 is 6.03 Å². The predicted molar refractivity (Wildman–Crippen MR) is 91.8 cm³/mol. The number of hydrogen-bond acceptors (Lipinski definition) is 4. The number of benzene rings is 1. The van der Waals surface area contributed by atoms with Crippen LogP contribution in [0.25, 0.3) is 0 Å². The molecule has 1 aromatic rings. The van der Waals surface area contributed by atoms with Gasteiger partial charge in [0.25, 0.3) is 11.6 Å². The van der Waals surface area contributed by atoms with Crippen LogP contribution in [0.3, 0.4) is 0 Å². The van der Waals surface area contributed by atoms with Crippen molar-refractivity contribution in [2.24, 2.45) is 11.8 Å². The summed E-state index contributed by atoms with van der Waals surface area (Å²) >= 11 is 0. The number of hydrogen-bond donors (Lipinski definition) is 1. The fourth-order valence-electron chi connectivity index (χ4n) is 4.31. The fraction of sp³-hybridized carbons (Fsp3) is 0.556. The molecule has 3 amide bonds. The molecule has 2 atom stereocenters. The first-order chi connectivity index (χ1) is 11.8. The van der Waals surface area contributed by atoms with Crippen molar-refractivity contribution in [2.75, 3.05) is 0 Å². The van der Waals surface area contributed by atoms with Gasteiger partial charge in [0.05, 0.1) is 11.5 Å². The lowest BCUT2D eigenvalue weighted by Crippen LogP contribution is -2.58. The summed E-state index contributed by atoms with van der Waals surface area (Å²) in [5, 5.41) is 14.1. The van der Waals surface area contributed by atoms with Gasteiger partial charge in [-0.2, -0.15) is 0 Å². The molecule has 3 rings (SSSR count). The summed E-state index contributed by atoms with van der Waals surface area (Å²) in [5.74, 6) is -0.0593. The van der Waals surface area contributed by atoms with E-state index in [9.17, 15) is 19.7 Å². The maximum absolute atomic E-state index is 13.2. The van der Waals surface area contributed by atoms with Crippen LogP contribution in [0.4, 0.5) is 10.5 Å². The summed E-state index contributed by atoms with van der Waals surface area (Å²) in [6, 6.07) is 4.33. The standard InChI is InChI=1S/C18H23N3O4/c1-11-6-4-7-12(2)18(11)16(22)20(17(23)19-18)10-14-8-5-9-15(13(14)3)21(24)25/h5,8-9,11-12H,4,6-7,10H2,1-3H3,(H,19,23)/t11-,12-/m1/s1. The predicted octanol–water partition coefficient (Wildman–Crippen LogP) is 3.15. The lowest BCUT2D eigenvalue weighted by atomic mass is 9.67. The van der Waals surface area contributed by atoms with E-state index in [1.165, 1.54) is 11.0 Å². The van der Waals surface area contributed by atoms with Crippen molar-refractivity contribution in [3.63, 3.8) is 0 Å². The molecule has 2 fully saturated rings. The maximum atomic E-state index is 13.2. The number of urea groups is 1. The fourth-order valence-corrected chi connectivity index (χ4v) is 4.31. The Bertz CT molecular complexity index is 736. The van der Waals surface area contributed by atoms with Gasteiger partial charge in [-0.05, 0) is 37.2 Å². The molecule has 0 bridgehead atoms. The number of imide groups is 1. The molecule has 1 heterocycles. The van der Waals surface area contributed by atoms with E-state index in [0.29, 0.717) is 11.1 Å². The topological polar surface area (TPSA) is 92.6 Å². The highest BCUT2D eigenvalue weighted by Crippen LogP contribution is 2.42. The number of nitrogens with one attached hydrogen (secondary N) is 1. The molecule has 0 aromatic heterocycles. The quantitative estimate of drug-likeness (QED) is 0.517. The second-order valence-electron chi connectivity index (χ2n) is 7.24. The highest BCUT2D eigenvalue weighted by Gasteiger charge is 2.58. The molecule has 7 nitrogen and oxygen atoms in total. The largest absolute Gasteiger partial charge is 0.325 e. The number of nitrogens with zero attached hydrogens (tertiary/aromatic N) is 2. The summed E-state index contributed by atoms with van der Waals surface area (Å²) in [6.07, 6.45) is 2.86. The molecule has 0 unspecified atom stereocenters. The first kappa shape index (κ1) is 17.4. The van der Waals surface area contributed by atoms with E-state index < -0.39 is 16.5 Å². The molecule has 1 spiro atoms. The number of nitro groups is 1. The Morgan fingerprint density at radius 2 is 1.92 bits per heavy atom. The van der Waals surface area contributed by atoms with Crippen molar-refractivity contribution in [1.29, 1.82) is 0 Å². The van der Waals surface area contributed by atoms with Crippen LogP contribution in [0.5, 0.6) is 0 Å². The van der Waals surface area contributed by atoms with Crippen LogP contribution < -0.4 is 5.32 Å². The van der Waals surface area contributed by atoms with Gasteiger partial charge in [-0.25, -0.2) is 4.79 Å². The van der Waals surface area contributed by atoms with Gasteiger partial charge in [-0.3, -0.25) is 19.8 Å². The number of rotatable bonds is 3. The SMILES string of the molecule is Cc1c(CN2C(=O)NC3(C2=O)[C@H](C)CCC[C@H]3C)cccc1[N+](=O)[O-]. The molecular formula is C18H23N3O4. The summed E-state index contributed by atoms with van der Waals surface area (Å²) in [7, 11) is 0. The molecule has 1 saturated heterocycles. The number of amides is 3. The van der Waals surface area contributed by atoms with Crippen LogP contribution in [-0.2, 0) is 11.3 Å². The number of nitro benzene ring substituents is 1. The Kier molecular flexibility index (Phi) is 4.26. The first-order valence-corrected chi connectivity index (χ1v) is 8.66. The van der Waals surface area contributed by atoms with Crippen LogP contribution >= 0.6 is 0 Å². The normalized spacial score (nSPS) is 25.3. The molecule has 1 aliphatic heterocycles. The highest BCUT2D eigenvalue weighted by molar-refractivity contribution is 6.07. The molecule has 25 heavy (non-hydrogen) atoms. The average Bonchev–Trinajstić information content (AvgIpc) is 2.80. The third kappa shape index (κ3) is 2.58. The van der Waals surface area contributed by atoms with Crippen molar-refractivity contribution in [1.82, 2.24) is 10.2 Å². The second kappa shape index (κ2) is 6.13. The van der Waals surface area contributed by atoms with Crippen LogP contribution in [-0.4, -0.2) is 27.3 Å². The van der Waals surface area contributed by atoms with Gasteiger partial charge in [0, 0.05) is 11.6 Å². The minimum absolute atomic E-state index is 0.00123. The van der Waals surface area contributed by atoms with Gasteiger partial charge in [-0.1, -0.05) is 32.4 Å². The summed E-state index contributed by atoms with van der Waals surface area (Å²) in [6.45, 7) is 5.72. The Morgan fingerprint density at radius 1 is 1.28 bits per heavy atom. The van der Waals surface area contributed by atoms with E-state index in [1.54, 1.807) is 19.1 Å². The van der Waals surface area contributed by atoms with Crippen molar-refractivity contribution in [3.05, 3.63) is 39.4 Å². The Hall–Kier alpha value is -2.44. The van der Waals surface area contributed by atoms with E-state index in [1.807, 2.05) is 13.8 Å². The van der Waals surface area contributed by atoms with Crippen LogP contribution in [0.1, 0.15) is 44.2 Å². The molecular weight excluding hydrogens is 322 g/mol. The minimum atomic E-state index is -0.843. The van der Waals surface area contributed by atoms with E-state index in [0.717, 1.165) is 19.3 Å². The number of carbonyl (C=O) groups excluding carboxylic acids is 2. The van der Waals surface area contributed by atoms with Crippen molar-refractivity contribution >= 4 is 17.6 Å². The third-order valence-corrected chi connectivity index (χ3v) is 5.93. The van der Waals surface area contributed by atoms with Crippen LogP contribution in [0.15, 0.2) is 18.2 Å². The molecule has 134 valence electrons. The zero-order valence-corrected chi connectivity index (χ0v) is 14.7. The van der Waals surface area contributed by atoms with Gasteiger partial charge in [-0.15, -0.1) is 0 Å². The lowest BCUT2D eigenvalue weighted by Gasteiger charge is -2.42. The molecule has 1 saturated carbocycles. The zero-order chi connectivity index (χ0) is 18.4. The summed E-state index contributed by atoms with van der Waals surface area (Å²) in [4.78, 5) is 37.6. The molecule has 1 aliphatic carbocycles. The van der Waals surface area contributed by atoms with Crippen LogP contribution in [0.2, 0.25) is 0 Å². The molecule has 0 radical (unpaired) electrons. The number of carbonyl (C=O) groups is 2. The van der Waals surface area contributed by atoms with Crippen molar-refractivity contribution in [3.8, 4) is 0 Å². The second-order valence-corrected chi connectivity index (χ2v) is 7.24. The molecule has 1 aromatic carbocycles. The van der Waals surface area contributed by atoms with Crippen molar-refractivity contribution < 1.29 is 14.5 Å². The Labute approximate surface area is 146 Å². The monoisotopic (exact) mass is 345 g/mol. The van der Waals surface area contributed by atoms with E-state index in [2.05, 4.69) is 5.32 Å². The summed E-state index contributed by atoms with van der Waals surface area (Å²) in [5.41, 5.74) is 0.257. The molecule has 2 aliphatic rings. The highest BCUT2D eigenvalue weighted by atomic mass is 16.6. The Balaban J connectivity index is 1.92. The molecule has 7 heteroatoms. The maximum Gasteiger partial charge on any atom is 0.325 e. The third-order valence-electron chi connectivity index (χ3n) is 5.93. The van der Waals surface area contributed by atoms with Gasteiger partial charge in [0.15, 0.2) is 0 Å². The van der Waals surface area contributed by atoms with Crippen LogP contribution in [0, 0.1) is 28.9 Å². The van der Waals surface area contributed by atoms with E-state index >= 15 is 0 Å². The van der Waals surface area contributed by atoms with Crippen molar-refractivity contribution in [2.45, 2.75) is 52.1 Å². The Morgan fingerprint density at radius 3 is 2.52 bits per heavy atom. The summed E-state index contributed by atoms with van der Waals surface area (Å²) < 4.78 is 0. The minimum Gasteiger partial charge on any atom is -0.323 e. The van der Waals surface area contributed by atoms with E-state index in [4.69, 9.17) is 0 Å². The lowest BCUT2D eigenvalue weighted by molar-refractivity contribution is -0.385.